The van der Waals surface area contributed by atoms with E-state index in [0.717, 1.165) is 12.8 Å². The lowest BCUT2D eigenvalue weighted by Crippen LogP contribution is -2.46. The van der Waals surface area contributed by atoms with E-state index < -0.39 is 0 Å². The lowest BCUT2D eigenvalue weighted by Gasteiger charge is -2.32. The Balaban J connectivity index is 1.76. The molecule has 4 nitrogen and oxygen atoms in total. The number of nitrogens with zero attached hydrogens (tertiary/aromatic N) is 1. The van der Waals surface area contributed by atoms with Crippen LogP contribution in [0.15, 0.2) is 24.3 Å². The number of hydrogen-bond donors (Lipinski definition) is 1. The topological polar surface area (TPSA) is 49.4 Å². The second-order valence-corrected chi connectivity index (χ2v) is 5.67. The summed E-state index contributed by atoms with van der Waals surface area (Å²) >= 11 is 0. The molecule has 1 aliphatic rings. The predicted molar refractivity (Wildman–Crippen MR) is 82.8 cm³/mol. The predicted octanol–water partition coefficient (Wildman–Crippen LogP) is 2.28. The SMILES string of the molecule is CCC(=O)NC1CCN(C(=O)CCc2ccccc2F)CC1. The first kappa shape index (κ1) is 16.5. The van der Waals surface area contributed by atoms with Crippen molar-refractivity contribution < 1.29 is 14.0 Å². The highest BCUT2D eigenvalue weighted by Gasteiger charge is 2.23. The van der Waals surface area contributed by atoms with Gasteiger partial charge in [-0.25, -0.2) is 4.39 Å². The molecule has 0 atom stereocenters. The van der Waals surface area contributed by atoms with Crippen LogP contribution in [-0.4, -0.2) is 35.8 Å². The molecule has 120 valence electrons. The van der Waals surface area contributed by atoms with Crippen LogP contribution in [0, 0.1) is 5.82 Å². The van der Waals surface area contributed by atoms with Crippen molar-refractivity contribution in [3.8, 4) is 0 Å². The molecule has 2 amide bonds. The number of nitrogens with one attached hydrogen (secondary N) is 1. The average Bonchev–Trinajstić information content (AvgIpc) is 2.54. The highest BCUT2D eigenvalue weighted by atomic mass is 19.1. The summed E-state index contributed by atoms with van der Waals surface area (Å²) in [4.78, 5) is 25.4. The molecule has 0 radical (unpaired) electrons. The van der Waals surface area contributed by atoms with Gasteiger partial charge in [-0.3, -0.25) is 9.59 Å². The van der Waals surface area contributed by atoms with Gasteiger partial charge in [-0.05, 0) is 30.9 Å². The van der Waals surface area contributed by atoms with Gasteiger partial charge < -0.3 is 10.2 Å². The maximum atomic E-state index is 13.5. The fourth-order valence-corrected chi connectivity index (χ4v) is 2.70. The first-order valence-electron chi connectivity index (χ1n) is 7.90. The number of carbonyl (C=O) groups excluding carboxylic acids is 2. The average molecular weight is 306 g/mol. The normalized spacial score (nSPS) is 15.6. The van der Waals surface area contributed by atoms with Crippen LogP contribution in [-0.2, 0) is 16.0 Å². The summed E-state index contributed by atoms with van der Waals surface area (Å²) < 4.78 is 13.5. The van der Waals surface area contributed by atoms with Crippen molar-refractivity contribution in [3.63, 3.8) is 0 Å². The van der Waals surface area contributed by atoms with Crippen LogP contribution in [0.1, 0.15) is 38.2 Å². The standard InChI is InChI=1S/C17H23FN2O2/c1-2-16(21)19-14-9-11-20(12-10-14)17(22)8-7-13-5-3-4-6-15(13)18/h3-6,14H,2,7-12H2,1H3,(H,19,21). The monoisotopic (exact) mass is 306 g/mol. The second-order valence-electron chi connectivity index (χ2n) is 5.67. The Morgan fingerprint density at radius 2 is 1.95 bits per heavy atom. The fourth-order valence-electron chi connectivity index (χ4n) is 2.70. The van der Waals surface area contributed by atoms with Gasteiger partial charge in [0.25, 0.3) is 0 Å². The Bertz CT molecular complexity index is 525. The van der Waals surface area contributed by atoms with Crippen LogP contribution in [0.3, 0.4) is 0 Å². The molecule has 1 saturated heterocycles. The van der Waals surface area contributed by atoms with Crippen LogP contribution in [0.2, 0.25) is 0 Å². The molecule has 0 spiro atoms. The molecule has 22 heavy (non-hydrogen) atoms. The third kappa shape index (κ3) is 4.55. The lowest BCUT2D eigenvalue weighted by molar-refractivity contribution is -0.132. The Morgan fingerprint density at radius 1 is 1.27 bits per heavy atom. The smallest absolute Gasteiger partial charge is 0.222 e. The van der Waals surface area contributed by atoms with Crippen molar-refractivity contribution >= 4 is 11.8 Å². The van der Waals surface area contributed by atoms with Gasteiger partial charge in [-0.2, -0.15) is 0 Å². The molecule has 0 aromatic heterocycles. The molecule has 1 aliphatic heterocycles. The van der Waals surface area contributed by atoms with E-state index in [1.807, 2.05) is 11.8 Å². The number of rotatable bonds is 5. The summed E-state index contributed by atoms with van der Waals surface area (Å²) in [6.07, 6.45) is 2.82. The van der Waals surface area contributed by atoms with Crippen LogP contribution in [0.4, 0.5) is 4.39 Å². The molecular formula is C17H23FN2O2. The molecule has 0 saturated carbocycles. The number of hydrogen-bond acceptors (Lipinski definition) is 2. The minimum atomic E-state index is -0.253. The fraction of sp³-hybridized carbons (Fsp3) is 0.529. The van der Waals surface area contributed by atoms with E-state index in [2.05, 4.69) is 5.32 Å². The van der Waals surface area contributed by atoms with Gasteiger partial charge in [0.05, 0.1) is 0 Å². The number of halogens is 1. The Labute approximate surface area is 130 Å². The van der Waals surface area contributed by atoms with Gasteiger partial charge in [0.1, 0.15) is 5.82 Å². The van der Waals surface area contributed by atoms with E-state index in [4.69, 9.17) is 0 Å². The number of likely N-dealkylation sites (tertiary alicyclic amines) is 1. The van der Waals surface area contributed by atoms with E-state index >= 15 is 0 Å². The van der Waals surface area contributed by atoms with Crippen LogP contribution < -0.4 is 5.32 Å². The summed E-state index contributed by atoms with van der Waals surface area (Å²) in [7, 11) is 0. The van der Waals surface area contributed by atoms with Crippen molar-refractivity contribution in [2.24, 2.45) is 0 Å². The van der Waals surface area contributed by atoms with Gasteiger partial charge in [-0.15, -0.1) is 0 Å². The molecule has 1 heterocycles. The molecule has 1 fully saturated rings. The van der Waals surface area contributed by atoms with E-state index in [1.54, 1.807) is 18.2 Å². The molecule has 0 unspecified atom stereocenters. The maximum Gasteiger partial charge on any atom is 0.222 e. The molecule has 0 bridgehead atoms. The summed E-state index contributed by atoms with van der Waals surface area (Å²) in [6, 6.07) is 6.74. The van der Waals surface area contributed by atoms with Crippen LogP contribution in [0.5, 0.6) is 0 Å². The molecule has 5 heteroatoms. The molecule has 2 rings (SSSR count). The van der Waals surface area contributed by atoms with Gasteiger partial charge in [0.2, 0.25) is 11.8 Å². The van der Waals surface area contributed by atoms with E-state index in [1.165, 1.54) is 6.07 Å². The highest BCUT2D eigenvalue weighted by molar-refractivity contribution is 5.77. The molecule has 1 N–H and O–H groups in total. The number of benzene rings is 1. The Hall–Kier alpha value is -1.91. The van der Waals surface area contributed by atoms with Crippen LogP contribution in [0.25, 0.3) is 0 Å². The van der Waals surface area contributed by atoms with Crippen LogP contribution >= 0.6 is 0 Å². The number of aryl methyl sites for hydroxylation is 1. The third-order valence-corrected chi connectivity index (χ3v) is 4.10. The summed E-state index contributed by atoms with van der Waals surface area (Å²) in [5, 5.41) is 2.97. The highest BCUT2D eigenvalue weighted by Crippen LogP contribution is 2.14. The molecular weight excluding hydrogens is 283 g/mol. The zero-order chi connectivity index (χ0) is 15.9. The zero-order valence-corrected chi connectivity index (χ0v) is 13.0. The van der Waals surface area contributed by atoms with E-state index in [0.29, 0.717) is 37.9 Å². The number of carbonyl (C=O) groups is 2. The number of amides is 2. The maximum absolute atomic E-state index is 13.5. The Morgan fingerprint density at radius 3 is 2.59 bits per heavy atom. The lowest BCUT2D eigenvalue weighted by atomic mass is 10.0. The van der Waals surface area contributed by atoms with Crippen molar-refractivity contribution in [3.05, 3.63) is 35.6 Å². The quantitative estimate of drug-likeness (QED) is 0.907. The molecule has 1 aromatic carbocycles. The Kier molecular flexibility index (Phi) is 5.92. The van der Waals surface area contributed by atoms with Crippen molar-refractivity contribution in [2.75, 3.05) is 13.1 Å². The molecule has 1 aromatic rings. The largest absolute Gasteiger partial charge is 0.353 e. The first-order chi connectivity index (χ1) is 10.6. The third-order valence-electron chi connectivity index (χ3n) is 4.10. The van der Waals surface area contributed by atoms with Crippen molar-refractivity contribution in [2.45, 2.75) is 45.1 Å². The summed E-state index contributed by atoms with van der Waals surface area (Å²) in [5.41, 5.74) is 0.584. The van der Waals surface area contributed by atoms with Gasteiger partial charge in [0, 0.05) is 32.0 Å². The minimum Gasteiger partial charge on any atom is -0.353 e. The van der Waals surface area contributed by atoms with Crippen molar-refractivity contribution in [1.29, 1.82) is 0 Å². The number of piperidine rings is 1. The zero-order valence-electron chi connectivity index (χ0n) is 13.0. The molecule has 0 aliphatic carbocycles. The van der Waals surface area contributed by atoms with E-state index in [9.17, 15) is 14.0 Å². The second kappa shape index (κ2) is 7.92. The first-order valence-corrected chi connectivity index (χ1v) is 7.90. The summed E-state index contributed by atoms with van der Waals surface area (Å²) in [6.45, 7) is 3.15. The van der Waals surface area contributed by atoms with Gasteiger partial charge >= 0.3 is 0 Å². The minimum absolute atomic E-state index is 0.0588. The van der Waals surface area contributed by atoms with Gasteiger partial charge in [0.15, 0.2) is 0 Å². The van der Waals surface area contributed by atoms with Gasteiger partial charge in [-0.1, -0.05) is 25.1 Å². The van der Waals surface area contributed by atoms with E-state index in [-0.39, 0.29) is 23.7 Å². The van der Waals surface area contributed by atoms with Crippen molar-refractivity contribution in [1.82, 2.24) is 10.2 Å². The summed E-state index contributed by atoms with van der Waals surface area (Å²) in [5.74, 6) is -0.135.